The molecule has 0 spiro atoms. The molecule has 23 heavy (non-hydrogen) atoms. The molecule has 6 nitrogen and oxygen atoms in total. The van der Waals surface area contributed by atoms with Gasteiger partial charge in [0.05, 0.1) is 12.2 Å². The Labute approximate surface area is 155 Å². The molecular weight excluding hydrogens is 407 g/mol. The van der Waals surface area contributed by atoms with Gasteiger partial charge in [-0.2, -0.15) is 0 Å². The monoisotopic (exact) mass is 434 g/mol. The van der Waals surface area contributed by atoms with E-state index in [1.165, 1.54) is 12.8 Å². The minimum Gasteiger partial charge on any atom is -0.374 e. The Hall–Kier alpha value is -0.830. The third-order valence-electron chi connectivity index (χ3n) is 5.02. The minimum atomic E-state index is 0. The molecule has 1 N–H and O–H groups in total. The lowest BCUT2D eigenvalue weighted by Crippen LogP contribution is -2.42. The number of carbonyl (C=O) groups is 1. The second kappa shape index (κ2) is 7.83. The fourth-order valence-corrected chi connectivity index (χ4v) is 3.85. The van der Waals surface area contributed by atoms with Crippen molar-refractivity contribution in [3.8, 4) is 0 Å². The zero-order chi connectivity index (χ0) is 15.7. The predicted octanol–water partition coefficient (Wildman–Crippen LogP) is 0.933. The molecular formula is C16H27IN4O2. The molecule has 7 heteroatoms. The molecule has 3 aliphatic heterocycles. The zero-order valence-corrected chi connectivity index (χ0v) is 16.2. The number of guanidine groups is 1. The number of hydrogen-bond donors (Lipinski definition) is 1. The Kier molecular flexibility index (Phi) is 6.30. The van der Waals surface area contributed by atoms with Gasteiger partial charge in [-0.1, -0.05) is 6.08 Å². The van der Waals surface area contributed by atoms with Crippen LogP contribution < -0.4 is 5.32 Å². The van der Waals surface area contributed by atoms with E-state index in [0.717, 1.165) is 19.0 Å². The maximum absolute atomic E-state index is 11.8. The van der Waals surface area contributed by atoms with Gasteiger partial charge in [0, 0.05) is 45.6 Å². The summed E-state index contributed by atoms with van der Waals surface area (Å²) in [7, 11) is 3.51. The van der Waals surface area contributed by atoms with Crippen LogP contribution in [0, 0.1) is 11.8 Å². The predicted molar refractivity (Wildman–Crippen MR) is 101 cm³/mol. The highest BCUT2D eigenvalue weighted by Crippen LogP contribution is 2.47. The number of ether oxygens (including phenoxy) is 1. The van der Waals surface area contributed by atoms with Gasteiger partial charge in [-0.05, 0) is 12.8 Å². The quantitative estimate of drug-likeness (QED) is 0.310. The fraction of sp³-hybridized carbons (Fsp3) is 0.750. The number of likely N-dealkylation sites (tertiary alicyclic amines) is 1. The maximum Gasteiger partial charge on any atom is 0.243 e. The lowest BCUT2D eigenvalue weighted by molar-refractivity contribution is -0.127. The standard InChI is InChI=1S/C16H26N4O2.HI/c1-4-7-17-16(18-8-15(21)19(2)3)20-9-11-12(10-20)14-6-5-13(11)22-14;/h4,11-14H,1,5-10H2,2-3H3,(H,17,18);1H. The number of nitrogens with zero attached hydrogens (tertiary/aromatic N) is 3. The molecule has 0 saturated carbocycles. The van der Waals surface area contributed by atoms with Gasteiger partial charge in [-0.3, -0.25) is 4.79 Å². The Morgan fingerprint density at radius 3 is 2.48 bits per heavy atom. The van der Waals surface area contributed by atoms with Gasteiger partial charge in [0.2, 0.25) is 5.91 Å². The number of rotatable bonds is 4. The van der Waals surface area contributed by atoms with E-state index in [1.54, 1.807) is 19.0 Å². The van der Waals surface area contributed by atoms with Crippen LogP contribution in [0.1, 0.15) is 12.8 Å². The van der Waals surface area contributed by atoms with Crippen LogP contribution in [0.2, 0.25) is 0 Å². The molecule has 3 saturated heterocycles. The number of fused-ring (bicyclic) bond motifs is 5. The third kappa shape index (κ3) is 3.81. The van der Waals surface area contributed by atoms with Crippen LogP contribution in [0.4, 0.5) is 0 Å². The molecule has 3 rings (SSSR count). The highest BCUT2D eigenvalue weighted by molar-refractivity contribution is 14.0. The summed E-state index contributed by atoms with van der Waals surface area (Å²) >= 11 is 0. The van der Waals surface area contributed by atoms with Crippen LogP contribution in [0.25, 0.3) is 0 Å². The summed E-state index contributed by atoms with van der Waals surface area (Å²) in [6.45, 7) is 6.54. The van der Waals surface area contributed by atoms with E-state index in [0.29, 0.717) is 30.6 Å². The maximum atomic E-state index is 11.8. The van der Waals surface area contributed by atoms with E-state index in [9.17, 15) is 4.79 Å². The molecule has 4 atom stereocenters. The summed E-state index contributed by atoms with van der Waals surface area (Å²) in [5.41, 5.74) is 0. The van der Waals surface area contributed by atoms with Crippen molar-refractivity contribution >= 4 is 35.8 Å². The number of halogens is 1. The van der Waals surface area contributed by atoms with Crippen molar-refractivity contribution in [1.29, 1.82) is 0 Å². The van der Waals surface area contributed by atoms with E-state index in [4.69, 9.17) is 4.74 Å². The largest absolute Gasteiger partial charge is 0.374 e. The van der Waals surface area contributed by atoms with E-state index >= 15 is 0 Å². The van der Waals surface area contributed by atoms with Crippen LogP contribution in [0.5, 0.6) is 0 Å². The van der Waals surface area contributed by atoms with Gasteiger partial charge in [0.1, 0.15) is 6.54 Å². The van der Waals surface area contributed by atoms with Gasteiger partial charge in [-0.15, -0.1) is 30.6 Å². The minimum absolute atomic E-state index is 0. The Bertz CT molecular complexity index is 465. The first kappa shape index (κ1) is 18.5. The highest BCUT2D eigenvalue weighted by Gasteiger charge is 2.53. The SMILES string of the molecule is C=CCNC(=NCC(=O)N(C)C)N1CC2C3CCC(O3)C2C1.I. The van der Waals surface area contributed by atoms with Crippen LogP contribution in [0.3, 0.4) is 0 Å². The number of carbonyl (C=O) groups excluding carboxylic acids is 1. The second-order valence-electron chi connectivity index (χ2n) is 6.62. The summed E-state index contributed by atoms with van der Waals surface area (Å²) in [5, 5.41) is 3.29. The molecule has 4 unspecified atom stereocenters. The molecule has 3 fully saturated rings. The number of amides is 1. The molecule has 0 aromatic carbocycles. The van der Waals surface area contributed by atoms with Gasteiger partial charge >= 0.3 is 0 Å². The number of hydrogen-bond acceptors (Lipinski definition) is 3. The number of aliphatic imine (C=N–C) groups is 1. The molecule has 2 bridgehead atoms. The molecule has 1 amide bonds. The van der Waals surface area contributed by atoms with Crippen molar-refractivity contribution in [2.24, 2.45) is 16.8 Å². The first-order chi connectivity index (χ1) is 10.6. The van der Waals surface area contributed by atoms with Crippen molar-refractivity contribution < 1.29 is 9.53 Å². The zero-order valence-electron chi connectivity index (χ0n) is 13.9. The van der Waals surface area contributed by atoms with E-state index in [-0.39, 0.29) is 36.4 Å². The first-order valence-electron chi connectivity index (χ1n) is 8.10. The molecule has 0 aromatic rings. The van der Waals surface area contributed by atoms with Crippen LogP contribution in [-0.4, -0.2) is 74.1 Å². The summed E-state index contributed by atoms with van der Waals surface area (Å²) in [5.74, 6) is 2.09. The average molecular weight is 434 g/mol. The van der Waals surface area contributed by atoms with Gasteiger partial charge in [0.15, 0.2) is 5.96 Å². The third-order valence-corrected chi connectivity index (χ3v) is 5.02. The summed E-state index contributed by atoms with van der Waals surface area (Å²) < 4.78 is 6.01. The normalized spacial score (nSPS) is 31.6. The smallest absolute Gasteiger partial charge is 0.243 e. The van der Waals surface area contributed by atoms with E-state index < -0.39 is 0 Å². The Morgan fingerprint density at radius 1 is 1.35 bits per heavy atom. The van der Waals surface area contributed by atoms with Crippen LogP contribution >= 0.6 is 24.0 Å². The van der Waals surface area contributed by atoms with E-state index in [2.05, 4.69) is 21.8 Å². The molecule has 3 heterocycles. The molecule has 0 aliphatic carbocycles. The summed E-state index contributed by atoms with van der Waals surface area (Å²) in [6.07, 6.45) is 5.08. The molecule has 130 valence electrons. The van der Waals surface area contributed by atoms with Gasteiger partial charge in [0.25, 0.3) is 0 Å². The second-order valence-corrected chi connectivity index (χ2v) is 6.62. The van der Waals surface area contributed by atoms with Crippen molar-refractivity contribution in [1.82, 2.24) is 15.1 Å². The topological polar surface area (TPSA) is 57.2 Å². The first-order valence-corrected chi connectivity index (χ1v) is 8.10. The van der Waals surface area contributed by atoms with Crippen molar-refractivity contribution in [3.63, 3.8) is 0 Å². The lowest BCUT2D eigenvalue weighted by Gasteiger charge is -2.23. The van der Waals surface area contributed by atoms with Gasteiger partial charge in [-0.25, -0.2) is 4.99 Å². The molecule has 0 radical (unpaired) electrons. The van der Waals surface area contributed by atoms with Gasteiger partial charge < -0.3 is 19.9 Å². The Balaban J connectivity index is 0.00000192. The average Bonchev–Trinajstić information content (AvgIpc) is 3.19. The summed E-state index contributed by atoms with van der Waals surface area (Å²) in [4.78, 5) is 20.2. The van der Waals surface area contributed by atoms with Crippen molar-refractivity contribution in [3.05, 3.63) is 12.7 Å². The Morgan fingerprint density at radius 2 is 1.96 bits per heavy atom. The number of nitrogens with one attached hydrogen (secondary N) is 1. The molecule has 0 aromatic heterocycles. The highest BCUT2D eigenvalue weighted by atomic mass is 127. The van der Waals surface area contributed by atoms with Crippen molar-refractivity contribution in [2.45, 2.75) is 25.0 Å². The lowest BCUT2D eigenvalue weighted by atomic mass is 9.82. The van der Waals surface area contributed by atoms with Crippen molar-refractivity contribution in [2.75, 3.05) is 40.3 Å². The van der Waals surface area contributed by atoms with Crippen LogP contribution in [-0.2, 0) is 9.53 Å². The van der Waals surface area contributed by atoms with E-state index in [1.807, 2.05) is 6.08 Å². The van der Waals surface area contributed by atoms with Crippen LogP contribution in [0.15, 0.2) is 17.6 Å². The summed E-state index contributed by atoms with van der Waals surface area (Å²) in [6, 6.07) is 0. The molecule has 3 aliphatic rings. The number of likely N-dealkylation sites (N-methyl/N-ethyl adjacent to an activating group) is 1. The fourth-order valence-electron chi connectivity index (χ4n) is 3.85.